The lowest BCUT2D eigenvalue weighted by Crippen LogP contribution is -2.09. The second-order valence-corrected chi connectivity index (χ2v) is 4.95. The minimum atomic E-state index is -0.498. The van der Waals surface area contributed by atoms with Crippen LogP contribution in [0.3, 0.4) is 0 Å². The van der Waals surface area contributed by atoms with Crippen molar-refractivity contribution in [3.05, 3.63) is 65.2 Å². The van der Waals surface area contributed by atoms with Crippen LogP contribution in [-0.2, 0) is 14.3 Å². The molecule has 1 aliphatic heterocycles. The number of ether oxygens (including phenoxy) is 2. The maximum atomic E-state index is 12.5. The minimum absolute atomic E-state index is 0.308. The molecule has 5 heteroatoms. The van der Waals surface area contributed by atoms with Crippen LogP contribution in [0.15, 0.2) is 48.5 Å². The Morgan fingerprint density at radius 3 is 2.35 bits per heavy atom. The van der Waals surface area contributed by atoms with Crippen LogP contribution in [0.1, 0.15) is 21.5 Å². The van der Waals surface area contributed by atoms with Crippen LogP contribution < -0.4 is 5.32 Å². The number of hydrogen-bond acceptors (Lipinski definition) is 4. The molecule has 1 amide bonds. The first-order chi connectivity index (χ1) is 11.2. The van der Waals surface area contributed by atoms with Crippen LogP contribution >= 0.6 is 0 Å². The largest absolute Gasteiger partial charge is 0.495 e. The van der Waals surface area contributed by atoms with E-state index in [-0.39, 0.29) is 5.91 Å². The lowest BCUT2D eigenvalue weighted by Gasteiger charge is -2.10. The second kappa shape index (κ2) is 5.96. The van der Waals surface area contributed by atoms with E-state index in [1.165, 1.54) is 14.2 Å². The molecule has 2 aromatic rings. The molecule has 1 heterocycles. The summed E-state index contributed by atoms with van der Waals surface area (Å²) in [6, 6.07) is 14.5. The maximum Gasteiger partial charge on any atom is 0.339 e. The first-order valence-corrected chi connectivity index (χ1v) is 7.04. The third kappa shape index (κ3) is 2.46. The Kier molecular flexibility index (Phi) is 3.85. The van der Waals surface area contributed by atoms with Gasteiger partial charge in [-0.2, -0.15) is 0 Å². The molecule has 1 aliphatic rings. The molecule has 0 bridgehead atoms. The van der Waals surface area contributed by atoms with Gasteiger partial charge in [0, 0.05) is 11.1 Å². The molecule has 2 aromatic carbocycles. The van der Waals surface area contributed by atoms with Gasteiger partial charge in [0.2, 0.25) is 0 Å². The molecule has 0 aliphatic carbocycles. The average molecular weight is 309 g/mol. The van der Waals surface area contributed by atoms with Crippen molar-refractivity contribution in [1.82, 2.24) is 0 Å². The molecule has 0 unspecified atom stereocenters. The first kappa shape index (κ1) is 14.8. The molecule has 3 rings (SSSR count). The number of anilines is 1. The van der Waals surface area contributed by atoms with Gasteiger partial charge in [-0.15, -0.1) is 0 Å². The summed E-state index contributed by atoms with van der Waals surface area (Å²) in [4.78, 5) is 24.3. The fourth-order valence-electron chi connectivity index (χ4n) is 2.65. The lowest BCUT2D eigenvalue weighted by atomic mass is 10.00. The number of carbonyl (C=O) groups is 2. The highest BCUT2D eigenvalue weighted by Crippen LogP contribution is 2.39. The third-order valence-electron chi connectivity index (χ3n) is 3.67. The normalized spacial score (nSPS) is 14.8. The van der Waals surface area contributed by atoms with E-state index in [4.69, 9.17) is 9.47 Å². The molecule has 0 spiro atoms. The summed E-state index contributed by atoms with van der Waals surface area (Å²) >= 11 is 0. The van der Waals surface area contributed by atoms with Crippen molar-refractivity contribution in [3.63, 3.8) is 0 Å². The zero-order valence-electron chi connectivity index (χ0n) is 12.8. The van der Waals surface area contributed by atoms with Crippen molar-refractivity contribution in [2.75, 3.05) is 19.5 Å². The highest BCUT2D eigenvalue weighted by molar-refractivity contribution is 6.37. The van der Waals surface area contributed by atoms with Gasteiger partial charge in [-0.05, 0) is 6.07 Å². The number of methoxy groups -OCH3 is 2. The van der Waals surface area contributed by atoms with Crippen molar-refractivity contribution >= 4 is 28.9 Å². The number of nitrogens with one attached hydrogen (secondary N) is 1. The van der Waals surface area contributed by atoms with Gasteiger partial charge >= 0.3 is 5.97 Å². The fraction of sp³-hybridized carbons (Fsp3) is 0.111. The lowest BCUT2D eigenvalue weighted by molar-refractivity contribution is -0.110. The molecule has 0 atom stereocenters. The number of carbonyl (C=O) groups excluding carboxylic acids is 2. The summed E-state index contributed by atoms with van der Waals surface area (Å²) in [7, 11) is 2.82. The van der Waals surface area contributed by atoms with Crippen molar-refractivity contribution in [2.24, 2.45) is 0 Å². The van der Waals surface area contributed by atoms with Crippen LogP contribution in [0.25, 0.3) is 11.3 Å². The summed E-state index contributed by atoms with van der Waals surface area (Å²) in [6.07, 6.45) is 0. The number of para-hydroxylation sites is 1. The van der Waals surface area contributed by atoms with Crippen molar-refractivity contribution < 1.29 is 19.1 Å². The SMILES string of the molecule is COC(=O)c1cccc2c1NC(=O)/C2=C(\OC)c1ccccc1. The standard InChI is InChI=1S/C18H15NO4/c1-22-16(11-7-4-3-5-8-11)14-12-9-6-10-13(18(21)23-2)15(12)19-17(14)20/h3-10H,1-2H3,(H,19,20)/b16-14-. The van der Waals surface area contributed by atoms with Crippen LogP contribution in [0.5, 0.6) is 0 Å². The Bertz CT molecular complexity index is 809. The van der Waals surface area contributed by atoms with E-state index in [0.29, 0.717) is 28.1 Å². The molecule has 1 N–H and O–H groups in total. The van der Waals surface area contributed by atoms with Gasteiger partial charge in [0.25, 0.3) is 5.91 Å². The quantitative estimate of drug-likeness (QED) is 0.538. The van der Waals surface area contributed by atoms with E-state index in [9.17, 15) is 9.59 Å². The number of amides is 1. The number of hydrogen-bond donors (Lipinski definition) is 1. The van der Waals surface area contributed by atoms with Gasteiger partial charge in [-0.25, -0.2) is 4.79 Å². The van der Waals surface area contributed by atoms with Gasteiger partial charge < -0.3 is 14.8 Å². The fourth-order valence-corrected chi connectivity index (χ4v) is 2.65. The topological polar surface area (TPSA) is 64.6 Å². The summed E-state index contributed by atoms with van der Waals surface area (Å²) in [5.41, 5.74) is 2.58. The number of benzene rings is 2. The molecule has 0 radical (unpaired) electrons. The monoisotopic (exact) mass is 309 g/mol. The highest BCUT2D eigenvalue weighted by Gasteiger charge is 2.32. The molecule has 0 aromatic heterocycles. The Labute approximate surface area is 133 Å². The Morgan fingerprint density at radius 2 is 1.70 bits per heavy atom. The van der Waals surface area contributed by atoms with Crippen molar-refractivity contribution in [2.45, 2.75) is 0 Å². The maximum absolute atomic E-state index is 12.5. The Balaban J connectivity index is 2.23. The summed E-state index contributed by atoms with van der Waals surface area (Å²) in [5.74, 6) is -0.344. The van der Waals surface area contributed by atoms with Gasteiger partial charge in [0.1, 0.15) is 5.76 Å². The van der Waals surface area contributed by atoms with Gasteiger partial charge in [-0.1, -0.05) is 42.5 Å². The van der Waals surface area contributed by atoms with E-state index in [1.54, 1.807) is 18.2 Å². The summed E-state index contributed by atoms with van der Waals surface area (Å²) in [6.45, 7) is 0. The predicted octanol–water partition coefficient (Wildman–Crippen LogP) is 2.94. The van der Waals surface area contributed by atoms with Crippen LogP contribution in [-0.4, -0.2) is 26.1 Å². The highest BCUT2D eigenvalue weighted by atomic mass is 16.5. The van der Waals surface area contributed by atoms with Gasteiger partial charge in [0.05, 0.1) is 31.0 Å². The Hall–Kier alpha value is -3.08. The van der Waals surface area contributed by atoms with Gasteiger partial charge in [0.15, 0.2) is 0 Å². The smallest absolute Gasteiger partial charge is 0.339 e. The van der Waals surface area contributed by atoms with Gasteiger partial charge in [-0.3, -0.25) is 4.79 Å². The second-order valence-electron chi connectivity index (χ2n) is 4.95. The first-order valence-electron chi connectivity index (χ1n) is 7.04. The molecular formula is C18H15NO4. The molecule has 0 saturated carbocycles. The van der Waals surface area contributed by atoms with Crippen molar-refractivity contribution in [1.29, 1.82) is 0 Å². The van der Waals surface area contributed by atoms with Crippen LogP contribution in [0, 0.1) is 0 Å². The van der Waals surface area contributed by atoms with E-state index >= 15 is 0 Å². The van der Waals surface area contributed by atoms with E-state index in [0.717, 1.165) is 5.56 Å². The molecular weight excluding hydrogens is 294 g/mol. The predicted molar refractivity (Wildman–Crippen MR) is 86.7 cm³/mol. The molecule has 5 nitrogen and oxygen atoms in total. The molecule has 0 fully saturated rings. The summed E-state index contributed by atoms with van der Waals surface area (Å²) < 4.78 is 10.2. The summed E-state index contributed by atoms with van der Waals surface area (Å²) in [5, 5.41) is 2.74. The van der Waals surface area contributed by atoms with E-state index in [2.05, 4.69) is 5.32 Å². The zero-order chi connectivity index (χ0) is 16.4. The number of rotatable bonds is 3. The zero-order valence-corrected chi connectivity index (χ0v) is 12.8. The van der Waals surface area contributed by atoms with Crippen LogP contribution in [0.2, 0.25) is 0 Å². The number of fused-ring (bicyclic) bond motifs is 1. The minimum Gasteiger partial charge on any atom is -0.495 e. The number of esters is 1. The third-order valence-corrected chi connectivity index (χ3v) is 3.67. The average Bonchev–Trinajstić information content (AvgIpc) is 2.92. The molecule has 0 saturated heterocycles. The van der Waals surface area contributed by atoms with Crippen LogP contribution in [0.4, 0.5) is 5.69 Å². The van der Waals surface area contributed by atoms with E-state index < -0.39 is 5.97 Å². The van der Waals surface area contributed by atoms with E-state index in [1.807, 2.05) is 30.3 Å². The van der Waals surface area contributed by atoms with Crippen molar-refractivity contribution in [3.8, 4) is 0 Å². The molecule has 116 valence electrons. The molecule has 23 heavy (non-hydrogen) atoms. The Morgan fingerprint density at radius 1 is 0.957 bits per heavy atom.